The van der Waals surface area contributed by atoms with Crippen molar-refractivity contribution in [3.05, 3.63) is 73.9 Å². The second-order valence-electron chi connectivity index (χ2n) is 6.81. The van der Waals surface area contributed by atoms with Crippen LogP contribution in [0.4, 0.5) is 13.2 Å². The molecule has 2 atom stereocenters. The molecular formula is C20H14BrCl2F3N2O. The zero-order valence-electron chi connectivity index (χ0n) is 14.8. The van der Waals surface area contributed by atoms with E-state index in [-0.39, 0.29) is 24.3 Å². The Bertz CT molecular complexity index is 1080. The summed E-state index contributed by atoms with van der Waals surface area (Å²) in [5.74, 6) is -2.70. The van der Waals surface area contributed by atoms with Crippen molar-refractivity contribution >= 4 is 39.1 Å². The standard InChI is InChI=1S/C20H14BrCl2F3N2O/c21-16-18(11-2-1-3-13(22)17(11)23)28-29-19(16)12-9-27-7-6-20(12,26)10-4-5-14(24)15(25)8-10/h1-5,8,12,27H,6-7,9H2/t12-,20+/m1/s1. The molecule has 2 heterocycles. The second-order valence-corrected chi connectivity index (χ2v) is 8.39. The molecule has 29 heavy (non-hydrogen) atoms. The fourth-order valence-electron chi connectivity index (χ4n) is 3.62. The van der Waals surface area contributed by atoms with Crippen molar-refractivity contribution in [1.29, 1.82) is 0 Å². The Morgan fingerprint density at radius 2 is 1.97 bits per heavy atom. The van der Waals surface area contributed by atoms with E-state index in [0.29, 0.717) is 32.3 Å². The van der Waals surface area contributed by atoms with Gasteiger partial charge in [0.2, 0.25) is 0 Å². The molecule has 0 amide bonds. The molecule has 1 aliphatic heterocycles. The Balaban J connectivity index is 1.79. The minimum atomic E-state index is -1.97. The summed E-state index contributed by atoms with van der Waals surface area (Å²) in [6.07, 6.45) is 0.0587. The third kappa shape index (κ3) is 3.58. The van der Waals surface area contributed by atoms with Gasteiger partial charge in [-0.2, -0.15) is 0 Å². The molecule has 0 bridgehead atoms. The lowest BCUT2D eigenvalue weighted by Crippen LogP contribution is -2.44. The SMILES string of the molecule is Fc1ccc([C@@]2(F)CCNC[C@@H]2c2onc(-c3cccc(Cl)c3Cl)c2Br)cc1F. The lowest BCUT2D eigenvalue weighted by Gasteiger charge is -2.37. The molecule has 0 radical (unpaired) electrons. The highest BCUT2D eigenvalue weighted by Crippen LogP contribution is 2.49. The van der Waals surface area contributed by atoms with E-state index in [1.807, 2.05) is 0 Å². The third-order valence-corrected chi connectivity index (χ3v) is 6.73. The van der Waals surface area contributed by atoms with Crippen LogP contribution in [0.1, 0.15) is 23.7 Å². The summed E-state index contributed by atoms with van der Waals surface area (Å²) in [6.45, 7) is 0.608. The quantitative estimate of drug-likeness (QED) is 0.434. The second kappa shape index (κ2) is 7.95. The first-order valence-corrected chi connectivity index (χ1v) is 10.3. The molecule has 3 nitrogen and oxygen atoms in total. The van der Waals surface area contributed by atoms with E-state index in [9.17, 15) is 8.78 Å². The fraction of sp³-hybridized carbons (Fsp3) is 0.250. The minimum absolute atomic E-state index is 0.0496. The molecule has 4 rings (SSSR count). The van der Waals surface area contributed by atoms with Gasteiger partial charge in [-0.25, -0.2) is 13.2 Å². The van der Waals surface area contributed by atoms with Crippen molar-refractivity contribution in [2.45, 2.75) is 18.0 Å². The van der Waals surface area contributed by atoms with Gasteiger partial charge in [0, 0.05) is 12.1 Å². The van der Waals surface area contributed by atoms with Gasteiger partial charge in [-0.05, 0) is 52.7 Å². The Kier molecular flexibility index (Phi) is 5.68. The summed E-state index contributed by atoms with van der Waals surface area (Å²) >= 11 is 15.8. The van der Waals surface area contributed by atoms with Gasteiger partial charge >= 0.3 is 0 Å². The van der Waals surface area contributed by atoms with Gasteiger partial charge in [0.05, 0.1) is 20.4 Å². The number of hydrogen-bond acceptors (Lipinski definition) is 3. The molecule has 0 spiro atoms. The van der Waals surface area contributed by atoms with Crippen molar-refractivity contribution < 1.29 is 17.7 Å². The normalized spacial score (nSPS) is 22.1. The van der Waals surface area contributed by atoms with E-state index in [4.69, 9.17) is 27.7 Å². The van der Waals surface area contributed by atoms with Crippen LogP contribution >= 0.6 is 39.1 Å². The molecule has 0 saturated carbocycles. The molecule has 1 fully saturated rings. The summed E-state index contributed by atoms with van der Waals surface area (Å²) in [7, 11) is 0. The maximum Gasteiger partial charge on any atom is 0.159 e. The minimum Gasteiger partial charge on any atom is -0.359 e. The van der Waals surface area contributed by atoms with Gasteiger partial charge in [-0.1, -0.05) is 46.6 Å². The zero-order valence-corrected chi connectivity index (χ0v) is 17.9. The molecular weight excluding hydrogens is 492 g/mol. The Labute approximate surface area is 183 Å². The van der Waals surface area contributed by atoms with E-state index >= 15 is 4.39 Å². The summed E-state index contributed by atoms with van der Waals surface area (Å²) in [5, 5.41) is 7.82. The Morgan fingerprint density at radius 3 is 2.72 bits per heavy atom. The van der Waals surface area contributed by atoms with Gasteiger partial charge in [0.15, 0.2) is 17.4 Å². The largest absolute Gasteiger partial charge is 0.359 e. The van der Waals surface area contributed by atoms with Crippen molar-refractivity contribution in [3.63, 3.8) is 0 Å². The predicted molar refractivity (Wildman–Crippen MR) is 109 cm³/mol. The molecule has 1 N–H and O–H groups in total. The van der Waals surface area contributed by atoms with E-state index in [0.717, 1.165) is 12.1 Å². The summed E-state index contributed by atoms with van der Waals surface area (Å²) in [4.78, 5) is 0. The number of hydrogen-bond donors (Lipinski definition) is 1. The van der Waals surface area contributed by atoms with Crippen LogP contribution in [0.5, 0.6) is 0 Å². The van der Waals surface area contributed by atoms with Crippen LogP contribution in [0, 0.1) is 11.6 Å². The van der Waals surface area contributed by atoms with E-state index in [1.54, 1.807) is 18.2 Å². The molecule has 2 aromatic carbocycles. The number of nitrogens with zero attached hydrogens (tertiary/aromatic N) is 1. The molecule has 0 aliphatic carbocycles. The summed E-state index contributed by atoms with van der Waals surface area (Å²) in [6, 6.07) is 8.16. The van der Waals surface area contributed by atoms with Gasteiger partial charge in [-0.15, -0.1) is 0 Å². The van der Waals surface area contributed by atoms with Gasteiger partial charge in [-0.3, -0.25) is 0 Å². The molecule has 0 unspecified atom stereocenters. The monoisotopic (exact) mass is 504 g/mol. The number of aromatic nitrogens is 1. The highest BCUT2D eigenvalue weighted by Gasteiger charge is 2.47. The lowest BCUT2D eigenvalue weighted by atomic mass is 9.76. The number of benzene rings is 2. The molecule has 9 heteroatoms. The van der Waals surface area contributed by atoms with Crippen LogP contribution < -0.4 is 5.32 Å². The third-order valence-electron chi connectivity index (χ3n) is 5.15. The van der Waals surface area contributed by atoms with Crippen LogP contribution in [0.25, 0.3) is 11.3 Å². The Morgan fingerprint density at radius 1 is 1.17 bits per heavy atom. The number of halogens is 6. The highest BCUT2D eigenvalue weighted by molar-refractivity contribution is 9.10. The Hall–Kier alpha value is -1.54. The van der Waals surface area contributed by atoms with Crippen LogP contribution in [0.3, 0.4) is 0 Å². The van der Waals surface area contributed by atoms with Crippen molar-refractivity contribution in [3.8, 4) is 11.3 Å². The van der Waals surface area contributed by atoms with Crippen molar-refractivity contribution in [2.75, 3.05) is 13.1 Å². The maximum atomic E-state index is 16.2. The van der Waals surface area contributed by atoms with Crippen LogP contribution in [-0.4, -0.2) is 18.2 Å². The molecule has 152 valence electrons. The van der Waals surface area contributed by atoms with Crippen LogP contribution in [0.15, 0.2) is 45.4 Å². The number of nitrogens with one attached hydrogen (secondary N) is 1. The number of rotatable bonds is 3. The molecule has 1 aromatic heterocycles. The number of piperidine rings is 1. The highest BCUT2D eigenvalue weighted by atomic mass is 79.9. The summed E-state index contributed by atoms with van der Waals surface area (Å²) in [5.41, 5.74) is -1.02. The zero-order chi connectivity index (χ0) is 20.8. The molecule has 3 aromatic rings. The average Bonchev–Trinajstić information content (AvgIpc) is 3.07. The van der Waals surface area contributed by atoms with Gasteiger partial charge in [0.25, 0.3) is 0 Å². The average molecular weight is 506 g/mol. The lowest BCUT2D eigenvalue weighted by molar-refractivity contribution is 0.0714. The van der Waals surface area contributed by atoms with Crippen LogP contribution in [-0.2, 0) is 5.67 Å². The fourth-order valence-corrected chi connectivity index (χ4v) is 4.64. The topological polar surface area (TPSA) is 38.1 Å². The van der Waals surface area contributed by atoms with Gasteiger partial charge in [0.1, 0.15) is 11.4 Å². The van der Waals surface area contributed by atoms with E-state index in [2.05, 4.69) is 26.4 Å². The maximum absolute atomic E-state index is 16.2. The van der Waals surface area contributed by atoms with E-state index in [1.165, 1.54) is 6.07 Å². The number of alkyl halides is 1. The first-order chi connectivity index (χ1) is 13.8. The van der Waals surface area contributed by atoms with Crippen LogP contribution in [0.2, 0.25) is 10.0 Å². The first-order valence-electron chi connectivity index (χ1n) is 8.77. The van der Waals surface area contributed by atoms with Gasteiger partial charge < -0.3 is 9.84 Å². The van der Waals surface area contributed by atoms with Crippen molar-refractivity contribution in [2.24, 2.45) is 0 Å². The first kappa shape index (κ1) is 20.7. The molecule has 1 aliphatic rings. The molecule has 1 saturated heterocycles. The van der Waals surface area contributed by atoms with E-state index < -0.39 is 23.2 Å². The van der Waals surface area contributed by atoms with Crippen molar-refractivity contribution in [1.82, 2.24) is 10.5 Å². The predicted octanol–water partition coefficient (Wildman–Crippen LogP) is 6.63. The smallest absolute Gasteiger partial charge is 0.159 e. The summed E-state index contributed by atoms with van der Waals surface area (Å²) < 4.78 is 49.3.